The predicted molar refractivity (Wildman–Crippen MR) is 199 cm³/mol. The summed E-state index contributed by atoms with van der Waals surface area (Å²) in [5.41, 5.74) is 0.798. The monoisotopic (exact) mass is 735 g/mol. The Morgan fingerprint density at radius 1 is 0.885 bits per heavy atom. The Hall–Kier alpha value is -1.99. The van der Waals surface area contributed by atoms with Gasteiger partial charge in [-0.05, 0) is 71.5 Å². The summed E-state index contributed by atoms with van der Waals surface area (Å²) in [5.74, 6) is -2.37. The smallest absolute Gasteiger partial charge is 0.308 e. The molecule has 17 atom stereocenters. The van der Waals surface area contributed by atoms with E-state index in [4.69, 9.17) is 23.7 Å². The van der Waals surface area contributed by atoms with Crippen molar-refractivity contribution in [1.82, 2.24) is 4.90 Å². The fraction of sp³-hybridized carbons (Fsp3) is 0.829. The third-order valence-corrected chi connectivity index (χ3v) is 12.2. The second-order valence-corrected chi connectivity index (χ2v) is 16.4. The first-order valence-electron chi connectivity index (χ1n) is 19.5. The number of carbonyl (C=O) groups is 3. The summed E-state index contributed by atoms with van der Waals surface area (Å²) in [7, 11) is 4.08. The van der Waals surface area contributed by atoms with Crippen LogP contribution in [-0.4, -0.2) is 109 Å². The zero-order chi connectivity index (χ0) is 39.0. The number of ketones is 1. The molecule has 2 N–H and O–H groups in total. The lowest BCUT2D eigenvalue weighted by Gasteiger charge is -2.48. The minimum Gasteiger partial charge on any atom is -0.462 e. The van der Waals surface area contributed by atoms with Gasteiger partial charge in [0.25, 0.3) is 0 Å². The quantitative estimate of drug-likeness (QED) is 0.234. The molecule has 0 aromatic rings. The highest BCUT2D eigenvalue weighted by atomic mass is 16.7. The van der Waals surface area contributed by atoms with E-state index in [1.54, 1.807) is 12.2 Å². The van der Waals surface area contributed by atoms with Crippen LogP contribution in [0.25, 0.3) is 0 Å². The van der Waals surface area contributed by atoms with E-state index in [0.717, 1.165) is 11.9 Å². The summed E-state index contributed by atoms with van der Waals surface area (Å²) in [5, 5.41) is 22.1. The van der Waals surface area contributed by atoms with Crippen LogP contribution in [0, 0.1) is 47.3 Å². The maximum absolute atomic E-state index is 13.6. The fourth-order valence-electron chi connectivity index (χ4n) is 8.45. The minimum atomic E-state index is -1.15. The van der Waals surface area contributed by atoms with Crippen LogP contribution in [0.5, 0.6) is 0 Å². The van der Waals surface area contributed by atoms with Crippen molar-refractivity contribution in [3.8, 4) is 0 Å². The Balaban J connectivity index is 1.95. The Labute approximate surface area is 312 Å². The standard InChI is InChI=1S/C41H69NO10/c1-13-35-32(21-48-40-25(5)24(4)38(47)30(10)50-40)18-22(2)14-15-33(44)23(3)19-31(16-17-43)39(27(7)34(45)20-36(46)51-35)52-41-28(8)37(42(11)12)26(6)29(9)49-41/h14-15,17-18,23-32,34-35,37-41,45,47H,13,16,19-21H2,1-12H3/b15-14+,22-18+/t23-,24+,25-,26-,27+,28-,29-,30-,31+,32-,34-,35-,37+,38+,39-,40-,41+/m1/s1. The second kappa shape index (κ2) is 20.1. The van der Waals surface area contributed by atoms with Crippen molar-refractivity contribution in [3.63, 3.8) is 0 Å². The van der Waals surface area contributed by atoms with Crippen LogP contribution in [0.15, 0.2) is 23.8 Å². The van der Waals surface area contributed by atoms with Crippen LogP contribution in [0.2, 0.25) is 0 Å². The number of allylic oxidation sites excluding steroid dienone is 3. The highest BCUT2D eigenvalue weighted by Crippen LogP contribution is 2.38. The number of nitrogens with zero attached hydrogens (tertiary/aromatic N) is 1. The minimum absolute atomic E-state index is 0.0320. The Morgan fingerprint density at radius 3 is 2.15 bits per heavy atom. The molecule has 2 fully saturated rings. The number of aliphatic hydroxyl groups excluding tert-OH is 2. The van der Waals surface area contributed by atoms with E-state index in [1.807, 2.05) is 75.6 Å². The average molecular weight is 736 g/mol. The summed E-state index contributed by atoms with van der Waals surface area (Å²) < 4.78 is 31.6. The molecule has 0 unspecified atom stereocenters. The molecule has 0 radical (unpaired) electrons. The molecule has 0 saturated carbocycles. The molecule has 52 heavy (non-hydrogen) atoms. The van der Waals surface area contributed by atoms with Gasteiger partial charge in [-0.2, -0.15) is 0 Å². The number of hydrogen-bond donors (Lipinski definition) is 2. The lowest BCUT2D eigenvalue weighted by Crippen LogP contribution is -2.56. The first-order valence-corrected chi connectivity index (χ1v) is 19.5. The molecule has 298 valence electrons. The van der Waals surface area contributed by atoms with Crippen LogP contribution in [0.4, 0.5) is 0 Å². The molecule has 2 saturated heterocycles. The number of ether oxygens (including phenoxy) is 5. The Morgan fingerprint density at radius 2 is 1.54 bits per heavy atom. The first kappa shape index (κ1) is 44.4. The lowest BCUT2D eigenvalue weighted by molar-refractivity contribution is -0.277. The van der Waals surface area contributed by atoms with E-state index in [0.29, 0.717) is 12.8 Å². The van der Waals surface area contributed by atoms with Gasteiger partial charge in [-0.15, -0.1) is 0 Å². The average Bonchev–Trinajstić information content (AvgIpc) is 3.08. The number of rotatable bonds is 9. The highest BCUT2D eigenvalue weighted by Gasteiger charge is 2.45. The van der Waals surface area contributed by atoms with E-state index in [2.05, 4.69) is 18.7 Å². The topological polar surface area (TPSA) is 141 Å². The molecule has 0 aromatic heterocycles. The zero-order valence-electron chi connectivity index (χ0n) is 33.8. The van der Waals surface area contributed by atoms with Gasteiger partial charge in [0.15, 0.2) is 18.4 Å². The van der Waals surface area contributed by atoms with Gasteiger partial charge in [-0.3, -0.25) is 9.59 Å². The SMILES string of the molecule is CC[C@H]1OC(=O)C[C@@H](O)[C@H](C)[C@@H](O[C@@H]2O[C@H](C)[C@@H](C)[C@H](N(C)C)[C@H]2C)[C@@H](CC=O)C[C@@H](C)C(=O)/C=C/C(C)=C/[C@@H]1CO[C@@H]1O[C@H](C)[C@@H](O)[C@@H](C)[C@H]1C. The van der Waals surface area contributed by atoms with Crippen molar-refractivity contribution in [2.45, 2.75) is 150 Å². The molecule has 0 amide bonds. The van der Waals surface area contributed by atoms with Gasteiger partial charge in [-0.25, -0.2) is 0 Å². The second-order valence-electron chi connectivity index (χ2n) is 16.4. The zero-order valence-corrected chi connectivity index (χ0v) is 33.8. The highest BCUT2D eigenvalue weighted by molar-refractivity contribution is 5.91. The van der Waals surface area contributed by atoms with E-state index in [9.17, 15) is 24.6 Å². The Kier molecular flexibility index (Phi) is 17.1. The number of carbonyl (C=O) groups excluding carboxylic acids is 3. The van der Waals surface area contributed by atoms with E-state index in [-0.39, 0.29) is 67.0 Å². The molecule has 0 aliphatic carbocycles. The van der Waals surface area contributed by atoms with Crippen molar-refractivity contribution < 1.29 is 48.3 Å². The van der Waals surface area contributed by atoms with Crippen LogP contribution < -0.4 is 0 Å². The molecular weight excluding hydrogens is 666 g/mol. The molecule has 0 aromatic carbocycles. The van der Waals surface area contributed by atoms with Gasteiger partial charge in [0, 0.05) is 42.1 Å². The van der Waals surface area contributed by atoms with E-state index in [1.165, 1.54) is 0 Å². The number of aldehydes is 1. The molecule has 0 bridgehead atoms. The molecule has 3 aliphatic heterocycles. The van der Waals surface area contributed by atoms with Crippen LogP contribution in [0.3, 0.4) is 0 Å². The summed E-state index contributed by atoms with van der Waals surface area (Å²) in [6.07, 6.45) is 2.09. The number of esters is 1. The third kappa shape index (κ3) is 11.3. The van der Waals surface area contributed by atoms with Crippen LogP contribution >= 0.6 is 0 Å². The molecule has 3 rings (SSSR count). The normalized spacial score (nSPS) is 44.8. The lowest BCUT2D eigenvalue weighted by atomic mass is 9.79. The van der Waals surface area contributed by atoms with Crippen LogP contribution in [-0.2, 0) is 38.1 Å². The van der Waals surface area contributed by atoms with Gasteiger partial charge in [0.1, 0.15) is 12.4 Å². The molecule has 0 spiro atoms. The summed E-state index contributed by atoms with van der Waals surface area (Å²) in [4.78, 5) is 41.4. The van der Waals surface area contributed by atoms with Crippen molar-refractivity contribution in [1.29, 1.82) is 0 Å². The Bertz CT molecular complexity index is 1220. The van der Waals surface area contributed by atoms with Gasteiger partial charge >= 0.3 is 5.97 Å². The predicted octanol–water partition coefficient (Wildman–Crippen LogP) is 5.36. The van der Waals surface area contributed by atoms with Gasteiger partial charge in [-0.1, -0.05) is 66.2 Å². The van der Waals surface area contributed by atoms with Crippen molar-refractivity contribution in [2.24, 2.45) is 47.3 Å². The molecular formula is C41H69NO10. The third-order valence-electron chi connectivity index (χ3n) is 12.2. The van der Waals surface area contributed by atoms with Gasteiger partial charge in [0.2, 0.25) is 0 Å². The molecule has 11 heteroatoms. The van der Waals surface area contributed by atoms with Crippen molar-refractivity contribution in [2.75, 3.05) is 20.7 Å². The van der Waals surface area contributed by atoms with Gasteiger partial charge in [0.05, 0.1) is 43.5 Å². The summed E-state index contributed by atoms with van der Waals surface area (Å²) in [6, 6.07) is 0.163. The van der Waals surface area contributed by atoms with Crippen molar-refractivity contribution in [3.05, 3.63) is 23.8 Å². The molecule has 3 heterocycles. The summed E-state index contributed by atoms with van der Waals surface area (Å²) in [6.45, 7) is 19.7. The van der Waals surface area contributed by atoms with Crippen molar-refractivity contribution >= 4 is 18.0 Å². The van der Waals surface area contributed by atoms with E-state index >= 15 is 0 Å². The maximum Gasteiger partial charge on any atom is 0.308 e. The largest absolute Gasteiger partial charge is 0.462 e. The van der Waals surface area contributed by atoms with Gasteiger partial charge < -0.3 is 43.6 Å². The fourth-order valence-corrected chi connectivity index (χ4v) is 8.45. The van der Waals surface area contributed by atoms with Crippen LogP contribution in [0.1, 0.15) is 94.9 Å². The van der Waals surface area contributed by atoms with E-state index < -0.39 is 66.8 Å². The number of aliphatic hydroxyl groups is 2. The number of cyclic esters (lactones) is 1. The molecule has 11 nitrogen and oxygen atoms in total. The summed E-state index contributed by atoms with van der Waals surface area (Å²) >= 11 is 0. The first-order chi connectivity index (χ1) is 24.4. The maximum atomic E-state index is 13.6. The molecule has 3 aliphatic rings. The number of hydrogen-bond acceptors (Lipinski definition) is 11.